The molecule has 0 amide bonds. The molecule has 0 radical (unpaired) electrons. The van der Waals surface area contributed by atoms with E-state index < -0.39 is 0 Å². The maximum Gasteiger partial charge on any atom is 0.148 e. The van der Waals surface area contributed by atoms with Crippen LogP contribution in [0.4, 0.5) is 5.82 Å². The van der Waals surface area contributed by atoms with Crippen LogP contribution in [0.25, 0.3) is 0 Å². The van der Waals surface area contributed by atoms with Crippen molar-refractivity contribution < 1.29 is 5.11 Å². The maximum atomic E-state index is 9.30. The molecule has 1 aromatic heterocycles. The van der Waals surface area contributed by atoms with Gasteiger partial charge in [0.1, 0.15) is 5.82 Å². The summed E-state index contributed by atoms with van der Waals surface area (Å²) in [5.41, 5.74) is 1.11. The summed E-state index contributed by atoms with van der Waals surface area (Å²) in [4.78, 5) is 0. The number of aliphatic hydroxyl groups is 1. The van der Waals surface area contributed by atoms with Crippen LogP contribution in [-0.4, -0.2) is 27.5 Å². The van der Waals surface area contributed by atoms with E-state index in [4.69, 9.17) is 0 Å². The summed E-state index contributed by atoms with van der Waals surface area (Å²) in [6.45, 7) is 4.51. The highest BCUT2D eigenvalue weighted by molar-refractivity contribution is 5.35. The molecule has 1 atom stereocenters. The fraction of sp³-hybridized carbons (Fsp3) is 0.667. The summed E-state index contributed by atoms with van der Waals surface area (Å²) in [5, 5.41) is 16.6. The van der Waals surface area contributed by atoms with E-state index in [1.807, 2.05) is 27.0 Å². The molecule has 0 saturated carbocycles. The van der Waals surface area contributed by atoms with Crippen LogP contribution in [0.15, 0.2) is 6.07 Å². The molecule has 0 aliphatic rings. The zero-order chi connectivity index (χ0) is 9.84. The predicted molar refractivity (Wildman–Crippen MR) is 52.7 cm³/mol. The number of anilines is 1. The highest BCUT2D eigenvalue weighted by atomic mass is 16.3. The Kier molecular flexibility index (Phi) is 3.31. The van der Waals surface area contributed by atoms with Crippen molar-refractivity contribution in [3.63, 3.8) is 0 Å². The maximum absolute atomic E-state index is 9.30. The summed E-state index contributed by atoms with van der Waals surface area (Å²) in [5.74, 6) is 0.826. The number of hydrogen-bond acceptors (Lipinski definition) is 3. The first-order valence-electron chi connectivity index (χ1n) is 4.56. The molecule has 1 rings (SSSR count). The smallest absolute Gasteiger partial charge is 0.148 e. The number of aromatic nitrogens is 2. The van der Waals surface area contributed by atoms with Crippen molar-refractivity contribution in [2.75, 3.05) is 11.9 Å². The Labute approximate surface area is 78.6 Å². The third-order valence-corrected chi connectivity index (χ3v) is 2.10. The van der Waals surface area contributed by atoms with E-state index >= 15 is 0 Å². The minimum atomic E-state index is -0.290. The summed E-state index contributed by atoms with van der Waals surface area (Å²) in [6, 6.07) is 1.96. The highest BCUT2D eigenvalue weighted by Crippen LogP contribution is 2.06. The van der Waals surface area contributed by atoms with Gasteiger partial charge in [-0.05, 0) is 13.3 Å². The molecule has 13 heavy (non-hydrogen) atoms. The van der Waals surface area contributed by atoms with E-state index in [0.29, 0.717) is 6.54 Å². The minimum absolute atomic E-state index is 0.290. The fourth-order valence-corrected chi connectivity index (χ4v) is 1.01. The van der Waals surface area contributed by atoms with Crippen LogP contribution in [0.1, 0.15) is 19.0 Å². The average Bonchev–Trinajstić information content (AvgIpc) is 2.42. The van der Waals surface area contributed by atoms with E-state index in [0.717, 1.165) is 17.9 Å². The van der Waals surface area contributed by atoms with Crippen molar-refractivity contribution in [1.29, 1.82) is 0 Å². The lowest BCUT2D eigenvalue weighted by molar-refractivity contribution is 0.183. The molecule has 74 valence electrons. The molecule has 0 aliphatic carbocycles. The summed E-state index contributed by atoms with van der Waals surface area (Å²) < 4.78 is 1.81. The molecular formula is C9H17N3O. The number of hydrogen-bond donors (Lipinski definition) is 2. The Balaban J connectivity index is 2.45. The lowest BCUT2D eigenvalue weighted by atomic mass is 10.3. The second-order valence-electron chi connectivity index (χ2n) is 3.24. The van der Waals surface area contributed by atoms with Gasteiger partial charge in [0.25, 0.3) is 0 Å². The number of nitrogens with one attached hydrogen (secondary N) is 1. The standard InChI is InChI=1S/C9H17N3O/c1-4-8(13)6-10-9-5-7(2)12(3)11-9/h5,8,13H,4,6H2,1-3H3,(H,10,11)/t8-/m1/s1. The van der Waals surface area contributed by atoms with Crippen molar-refractivity contribution in [1.82, 2.24) is 9.78 Å². The Morgan fingerprint density at radius 3 is 2.85 bits per heavy atom. The molecule has 0 aromatic carbocycles. The number of aliphatic hydroxyl groups excluding tert-OH is 1. The van der Waals surface area contributed by atoms with E-state index in [9.17, 15) is 5.11 Å². The Hall–Kier alpha value is -1.03. The molecule has 4 nitrogen and oxygen atoms in total. The second-order valence-corrected chi connectivity index (χ2v) is 3.24. The number of aryl methyl sites for hydroxylation is 2. The van der Waals surface area contributed by atoms with Crippen LogP contribution in [0.2, 0.25) is 0 Å². The molecule has 4 heteroatoms. The molecule has 0 bridgehead atoms. The van der Waals surface area contributed by atoms with Gasteiger partial charge in [-0.15, -0.1) is 0 Å². The molecular weight excluding hydrogens is 166 g/mol. The quantitative estimate of drug-likeness (QED) is 0.729. The van der Waals surface area contributed by atoms with E-state index in [1.54, 1.807) is 4.68 Å². The van der Waals surface area contributed by atoms with Gasteiger partial charge in [-0.1, -0.05) is 6.92 Å². The van der Waals surface area contributed by atoms with Gasteiger partial charge in [-0.2, -0.15) is 5.10 Å². The zero-order valence-corrected chi connectivity index (χ0v) is 8.41. The van der Waals surface area contributed by atoms with Gasteiger partial charge < -0.3 is 10.4 Å². The zero-order valence-electron chi connectivity index (χ0n) is 8.41. The summed E-state index contributed by atoms with van der Waals surface area (Å²) in [6.07, 6.45) is 0.473. The van der Waals surface area contributed by atoms with Crippen LogP contribution < -0.4 is 5.32 Å². The largest absolute Gasteiger partial charge is 0.391 e. The fourth-order valence-electron chi connectivity index (χ4n) is 1.01. The minimum Gasteiger partial charge on any atom is -0.391 e. The van der Waals surface area contributed by atoms with Crippen molar-refractivity contribution in [3.05, 3.63) is 11.8 Å². The Morgan fingerprint density at radius 2 is 2.38 bits per heavy atom. The summed E-state index contributed by atoms with van der Waals surface area (Å²) in [7, 11) is 1.90. The van der Waals surface area contributed by atoms with E-state index in [1.165, 1.54) is 0 Å². The third-order valence-electron chi connectivity index (χ3n) is 2.10. The van der Waals surface area contributed by atoms with Gasteiger partial charge in [0.05, 0.1) is 6.10 Å². The molecule has 0 fully saturated rings. The molecule has 0 aliphatic heterocycles. The molecule has 0 unspecified atom stereocenters. The summed E-state index contributed by atoms with van der Waals surface area (Å²) >= 11 is 0. The van der Waals surface area contributed by atoms with Gasteiger partial charge >= 0.3 is 0 Å². The average molecular weight is 183 g/mol. The molecule has 1 aromatic rings. The first kappa shape index (κ1) is 10.1. The van der Waals surface area contributed by atoms with Gasteiger partial charge in [0.2, 0.25) is 0 Å². The Bertz CT molecular complexity index is 250. The molecule has 0 spiro atoms. The Morgan fingerprint density at radius 1 is 1.69 bits per heavy atom. The van der Waals surface area contributed by atoms with Crippen molar-refractivity contribution in [3.8, 4) is 0 Å². The number of nitrogens with zero attached hydrogens (tertiary/aromatic N) is 2. The SMILES string of the molecule is CC[C@@H](O)CNc1cc(C)n(C)n1. The lowest BCUT2D eigenvalue weighted by Crippen LogP contribution is -2.18. The van der Waals surface area contributed by atoms with Crippen LogP contribution in [0.5, 0.6) is 0 Å². The monoisotopic (exact) mass is 183 g/mol. The van der Waals surface area contributed by atoms with Crippen molar-refractivity contribution >= 4 is 5.82 Å². The van der Waals surface area contributed by atoms with Crippen molar-refractivity contribution in [2.45, 2.75) is 26.4 Å². The van der Waals surface area contributed by atoms with Gasteiger partial charge in [-0.3, -0.25) is 4.68 Å². The lowest BCUT2D eigenvalue weighted by Gasteiger charge is -2.07. The van der Waals surface area contributed by atoms with Crippen LogP contribution in [0, 0.1) is 6.92 Å². The topological polar surface area (TPSA) is 50.1 Å². The second kappa shape index (κ2) is 4.28. The van der Waals surface area contributed by atoms with Gasteiger partial charge in [0, 0.05) is 25.4 Å². The molecule has 2 N–H and O–H groups in total. The van der Waals surface area contributed by atoms with Gasteiger partial charge in [0.15, 0.2) is 0 Å². The first-order valence-corrected chi connectivity index (χ1v) is 4.56. The number of rotatable bonds is 4. The van der Waals surface area contributed by atoms with Crippen molar-refractivity contribution in [2.24, 2.45) is 7.05 Å². The first-order chi connectivity index (χ1) is 6.13. The van der Waals surface area contributed by atoms with E-state index in [-0.39, 0.29) is 6.10 Å². The highest BCUT2D eigenvalue weighted by Gasteiger charge is 2.03. The van der Waals surface area contributed by atoms with Crippen LogP contribution in [0.3, 0.4) is 0 Å². The molecule has 1 heterocycles. The van der Waals surface area contributed by atoms with Crippen LogP contribution >= 0.6 is 0 Å². The third kappa shape index (κ3) is 2.73. The van der Waals surface area contributed by atoms with Crippen LogP contribution in [-0.2, 0) is 7.05 Å². The van der Waals surface area contributed by atoms with Gasteiger partial charge in [-0.25, -0.2) is 0 Å². The van der Waals surface area contributed by atoms with E-state index in [2.05, 4.69) is 10.4 Å². The molecule has 0 saturated heterocycles. The normalized spacial score (nSPS) is 12.9. The predicted octanol–water partition coefficient (Wildman–Crippen LogP) is 0.911.